The highest BCUT2D eigenvalue weighted by atomic mass is 35.5. The second-order valence-corrected chi connectivity index (χ2v) is 2.68. The van der Waals surface area contributed by atoms with Crippen LogP contribution >= 0.6 is 12.4 Å². The highest BCUT2D eigenvalue weighted by molar-refractivity contribution is 5.85. The summed E-state index contributed by atoms with van der Waals surface area (Å²) in [5.41, 5.74) is 6.26. The zero-order chi connectivity index (χ0) is 9.68. The molecule has 2 N–H and O–H groups in total. The van der Waals surface area contributed by atoms with E-state index in [1.54, 1.807) is 6.07 Å². The monoisotopic (exact) mass is 215 g/mol. The van der Waals surface area contributed by atoms with Crippen LogP contribution in [0.15, 0.2) is 24.3 Å². The van der Waals surface area contributed by atoms with E-state index in [-0.39, 0.29) is 19.0 Å². The number of hydrogen-bond acceptors (Lipinski definition) is 3. The molecule has 0 unspecified atom stereocenters. The largest absolute Gasteiger partial charge is 0.426 e. The van der Waals surface area contributed by atoms with Gasteiger partial charge in [-0.3, -0.25) is 4.79 Å². The summed E-state index contributed by atoms with van der Waals surface area (Å²) in [6.07, 6.45) is 0.925. The van der Waals surface area contributed by atoms with E-state index in [1.807, 2.05) is 25.1 Å². The van der Waals surface area contributed by atoms with Gasteiger partial charge in [-0.1, -0.05) is 19.1 Å². The summed E-state index contributed by atoms with van der Waals surface area (Å²) in [6, 6.07) is 7.43. The van der Waals surface area contributed by atoms with E-state index in [4.69, 9.17) is 10.5 Å². The first-order valence-corrected chi connectivity index (χ1v) is 4.26. The Morgan fingerprint density at radius 1 is 1.50 bits per heavy atom. The first kappa shape index (κ1) is 12.9. The highest BCUT2D eigenvalue weighted by Gasteiger charge is 2.01. The zero-order valence-corrected chi connectivity index (χ0v) is 8.84. The van der Waals surface area contributed by atoms with Crippen LogP contribution in [0, 0.1) is 0 Å². The van der Waals surface area contributed by atoms with Gasteiger partial charge in [-0.15, -0.1) is 12.4 Å². The van der Waals surface area contributed by atoms with Crippen molar-refractivity contribution in [2.45, 2.75) is 13.3 Å². The molecule has 78 valence electrons. The van der Waals surface area contributed by atoms with Gasteiger partial charge in [0.25, 0.3) is 0 Å². The Labute approximate surface area is 89.7 Å². The average Bonchev–Trinajstić information content (AvgIpc) is 2.18. The van der Waals surface area contributed by atoms with E-state index in [1.165, 1.54) is 0 Å². The van der Waals surface area contributed by atoms with E-state index >= 15 is 0 Å². The minimum absolute atomic E-state index is 0. The fraction of sp³-hybridized carbons (Fsp3) is 0.300. The van der Waals surface area contributed by atoms with Crippen LogP contribution in [0.25, 0.3) is 0 Å². The molecule has 1 aromatic carbocycles. The number of halogens is 1. The van der Waals surface area contributed by atoms with Crippen molar-refractivity contribution in [3.63, 3.8) is 0 Å². The molecule has 0 aromatic heterocycles. The molecule has 0 spiro atoms. The van der Waals surface area contributed by atoms with Gasteiger partial charge >= 0.3 is 5.97 Å². The van der Waals surface area contributed by atoms with Gasteiger partial charge in [0.05, 0.1) is 6.54 Å². The second-order valence-electron chi connectivity index (χ2n) is 2.68. The Kier molecular flexibility index (Phi) is 5.92. The van der Waals surface area contributed by atoms with Crippen LogP contribution in [-0.4, -0.2) is 12.5 Å². The van der Waals surface area contributed by atoms with E-state index in [0.29, 0.717) is 5.75 Å². The fourth-order valence-corrected chi connectivity index (χ4v) is 1.00. The molecule has 0 fully saturated rings. The number of nitrogens with two attached hydrogens (primary N) is 1. The molecule has 3 nitrogen and oxygen atoms in total. The first-order chi connectivity index (χ1) is 6.26. The smallest absolute Gasteiger partial charge is 0.325 e. The Balaban J connectivity index is 0.00000169. The number of carbonyl (C=O) groups is 1. The molecule has 0 atom stereocenters. The van der Waals surface area contributed by atoms with Crippen LogP contribution < -0.4 is 10.5 Å². The number of rotatable bonds is 3. The molecule has 0 saturated carbocycles. The third-order valence-electron chi connectivity index (χ3n) is 1.71. The van der Waals surface area contributed by atoms with Gasteiger partial charge in [-0.2, -0.15) is 0 Å². The lowest BCUT2D eigenvalue weighted by Crippen LogP contribution is -2.19. The molecule has 14 heavy (non-hydrogen) atoms. The van der Waals surface area contributed by atoms with Crippen molar-refractivity contribution in [2.75, 3.05) is 6.54 Å². The predicted octanol–water partition coefficient (Wildman–Crippen LogP) is 1.53. The normalized spacial score (nSPS) is 9.00. The molecule has 0 heterocycles. The maximum Gasteiger partial charge on any atom is 0.325 e. The SMILES string of the molecule is CCc1cccc(OC(=O)CN)c1.Cl. The molecule has 0 amide bonds. The number of ether oxygens (including phenoxy) is 1. The van der Waals surface area contributed by atoms with Gasteiger partial charge in [0, 0.05) is 0 Å². The number of aryl methyl sites for hydroxylation is 1. The van der Waals surface area contributed by atoms with Gasteiger partial charge in [-0.25, -0.2) is 0 Å². The molecular formula is C10H14ClNO2. The van der Waals surface area contributed by atoms with Gasteiger partial charge in [0.2, 0.25) is 0 Å². The van der Waals surface area contributed by atoms with Crippen LogP contribution in [0.5, 0.6) is 5.75 Å². The molecule has 1 aromatic rings. The highest BCUT2D eigenvalue weighted by Crippen LogP contribution is 2.13. The van der Waals surface area contributed by atoms with Crippen LogP contribution in [0.4, 0.5) is 0 Å². The van der Waals surface area contributed by atoms with Gasteiger partial charge < -0.3 is 10.5 Å². The number of benzene rings is 1. The quantitative estimate of drug-likeness (QED) is 0.615. The predicted molar refractivity (Wildman–Crippen MR) is 57.8 cm³/mol. The van der Waals surface area contributed by atoms with E-state index in [0.717, 1.165) is 12.0 Å². The summed E-state index contributed by atoms with van der Waals surface area (Å²) in [7, 11) is 0. The molecule has 0 aliphatic heterocycles. The summed E-state index contributed by atoms with van der Waals surface area (Å²) < 4.78 is 4.94. The maximum absolute atomic E-state index is 10.8. The minimum Gasteiger partial charge on any atom is -0.426 e. The second kappa shape index (κ2) is 6.40. The standard InChI is InChI=1S/C10H13NO2.ClH/c1-2-8-4-3-5-9(6-8)13-10(12)7-11;/h3-6H,2,7,11H2,1H3;1H. The third kappa shape index (κ3) is 3.77. The van der Waals surface area contributed by atoms with E-state index in [9.17, 15) is 4.79 Å². The molecular weight excluding hydrogens is 202 g/mol. The third-order valence-corrected chi connectivity index (χ3v) is 1.71. The zero-order valence-electron chi connectivity index (χ0n) is 8.03. The fourth-order valence-electron chi connectivity index (χ4n) is 1.00. The summed E-state index contributed by atoms with van der Waals surface area (Å²) in [4.78, 5) is 10.8. The number of hydrogen-bond donors (Lipinski definition) is 1. The van der Waals surface area contributed by atoms with Crippen molar-refractivity contribution in [3.8, 4) is 5.75 Å². The molecule has 0 aliphatic rings. The summed E-state index contributed by atoms with van der Waals surface area (Å²) in [6.45, 7) is 1.96. The maximum atomic E-state index is 10.8. The van der Waals surface area contributed by atoms with E-state index < -0.39 is 5.97 Å². The van der Waals surface area contributed by atoms with Crippen molar-refractivity contribution in [3.05, 3.63) is 29.8 Å². The van der Waals surface area contributed by atoms with Crippen molar-refractivity contribution < 1.29 is 9.53 Å². The summed E-state index contributed by atoms with van der Waals surface area (Å²) >= 11 is 0. The Hall–Kier alpha value is -1.06. The van der Waals surface area contributed by atoms with Gasteiger partial charge in [-0.05, 0) is 24.1 Å². The van der Waals surface area contributed by atoms with Gasteiger partial charge in [0.15, 0.2) is 0 Å². The van der Waals surface area contributed by atoms with Crippen LogP contribution in [0.3, 0.4) is 0 Å². The molecule has 0 radical (unpaired) electrons. The number of esters is 1. The lowest BCUT2D eigenvalue weighted by molar-refractivity contribution is -0.132. The Bertz CT molecular complexity index is 302. The minimum atomic E-state index is -0.409. The molecule has 1 rings (SSSR count). The van der Waals surface area contributed by atoms with Crippen LogP contribution in [-0.2, 0) is 11.2 Å². The lowest BCUT2D eigenvalue weighted by atomic mass is 10.2. The lowest BCUT2D eigenvalue weighted by Gasteiger charge is -2.03. The number of carbonyl (C=O) groups excluding carboxylic acids is 1. The van der Waals surface area contributed by atoms with Crippen molar-refractivity contribution in [1.29, 1.82) is 0 Å². The molecule has 0 saturated heterocycles. The molecule has 4 heteroatoms. The molecule has 0 aliphatic carbocycles. The first-order valence-electron chi connectivity index (χ1n) is 4.26. The average molecular weight is 216 g/mol. The van der Waals surface area contributed by atoms with Crippen LogP contribution in [0.1, 0.15) is 12.5 Å². The summed E-state index contributed by atoms with van der Waals surface area (Å²) in [5, 5.41) is 0. The van der Waals surface area contributed by atoms with E-state index in [2.05, 4.69) is 0 Å². The van der Waals surface area contributed by atoms with Crippen molar-refractivity contribution in [1.82, 2.24) is 0 Å². The Morgan fingerprint density at radius 2 is 2.21 bits per heavy atom. The summed E-state index contributed by atoms with van der Waals surface area (Å²) in [5.74, 6) is 0.156. The Morgan fingerprint density at radius 3 is 2.79 bits per heavy atom. The topological polar surface area (TPSA) is 52.3 Å². The van der Waals surface area contributed by atoms with Crippen molar-refractivity contribution in [2.24, 2.45) is 5.73 Å². The van der Waals surface area contributed by atoms with Gasteiger partial charge in [0.1, 0.15) is 5.75 Å². The van der Waals surface area contributed by atoms with Crippen molar-refractivity contribution >= 4 is 18.4 Å². The molecule has 0 bridgehead atoms. The van der Waals surface area contributed by atoms with Crippen LogP contribution in [0.2, 0.25) is 0 Å².